The van der Waals surface area contributed by atoms with Crippen molar-refractivity contribution in [3.63, 3.8) is 0 Å². The van der Waals surface area contributed by atoms with Crippen LogP contribution < -0.4 is 14.2 Å². The second-order valence-corrected chi connectivity index (χ2v) is 6.56. The molecule has 0 radical (unpaired) electrons. The third kappa shape index (κ3) is 4.03. The molecule has 20 heavy (non-hydrogen) atoms. The van der Waals surface area contributed by atoms with E-state index in [9.17, 15) is 4.79 Å². The summed E-state index contributed by atoms with van der Waals surface area (Å²) in [4.78, 5) is 11.7. The van der Waals surface area contributed by atoms with Crippen molar-refractivity contribution >= 4 is 21.9 Å². The van der Waals surface area contributed by atoms with Crippen molar-refractivity contribution in [1.29, 1.82) is 0 Å². The maximum absolute atomic E-state index is 11.7. The van der Waals surface area contributed by atoms with Gasteiger partial charge in [-0.2, -0.15) is 0 Å². The van der Waals surface area contributed by atoms with Gasteiger partial charge in [0.05, 0.1) is 21.3 Å². The summed E-state index contributed by atoms with van der Waals surface area (Å²) in [6, 6.07) is 3.49. The third-order valence-electron chi connectivity index (χ3n) is 2.58. The maximum Gasteiger partial charge on any atom is 0.322 e. The molecule has 0 unspecified atom stereocenters. The molecular weight excluding hydrogens is 328 g/mol. The molecule has 0 spiro atoms. The quantitative estimate of drug-likeness (QED) is 0.585. The smallest absolute Gasteiger partial charge is 0.322 e. The molecule has 0 aliphatic rings. The molecule has 0 atom stereocenters. The van der Waals surface area contributed by atoms with Gasteiger partial charge in [0.15, 0.2) is 11.5 Å². The second-order valence-electron chi connectivity index (χ2n) is 4.58. The molecule has 0 saturated heterocycles. The maximum atomic E-state index is 11.7. The predicted molar refractivity (Wildman–Crippen MR) is 78.9 cm³/mol. The molecule has 112 valence electrons. The second kappa shape index (κ2) is 6.83. The van der Waals surface area contributed by atoms with E-state index < -0.39 is 4.32 Å². The van der Waals surface area contributed by atoms with Crippen LogP contribution in [0.1, 0.15) is 19.4 Å². The van der Waals surface area contributed by atoms with Gasteiger partial charge in [0, 0.05) is 0 Å². The van der Waals surface area contributed by atoms with Crippen LogP contribution in [0.15, 0.2) is 12.1 Å². The Labute approximate surface area is 127 Å². The highest BCUT2D eigenvalue weighted by atomic mass is 79.9. The molecule has 1 aromatic rings. The lowest BCUT2D eigenvalue weighted by molar-refractivity contribution is -0.146. The number of hydrogen-bond donors (Lipinski definition) is 0. The first kappa shape index (κ1) is 16.6. The first-order valence-electron chi connectivity index (χ1n) is 5.98. The molecule has 0 aromatic heterocycles. The van der Waals surface area contributed by atoms with E-state index >= 15 is 0 Å². The minimum absolute atomic E-state index is 0.130. The molecule has 0 aliphatic heterocycles. The Morgan fingerprint density at radius 1 is 1.10 bits per heavy atom. The molecule has 0 bridgehead atoms. The van der Waals surface area contributed by atoms with Crippen molar-refractivity contribution in [3.8, 4) is 17.2 Å². The van der Waals surface area contributed by atoms with Gasteiger partial charge in [-0.15, -0.1) is 0 Å². The SMILES string of the molecule is COc1cc(COC(=O)C(C)(C)Br)cc(OC)c1OC. The summed E-state index contributed by atoms with van der Waals surface area (Å²) in [5.74, 6) is 1.21. The Hall–Kier alpha value is -1.43. The number of rotatable bonds is 6. The number of ether oxygens (including phenoxy) is 4. The minimum Gasteiger partial charge on any atom is -0.493 e. The van der Waals surface area contributed by atoms with E-state index in [0.29, 0.717) is 17.2 Å². The van der Waals surface area contributed by atoms with Gasteiger partial charge in [-0.25, -0.2) is 0 Å². The fourth-order valence-corrected chi connectivity index (χ4v) is 1.65. The van der Waals surface area contributed by atoms with Gasteiger partial charge in [-0.3, -0.25) is 4.79 Å². The molecule has 6 heteroatoms. The molecule has 0 amide bonds. The Bertz CT molecular complexity index is 454. The van der Waals surface area contributed by atoms with Crippen molar-refractivity contribution in [2.24, 2.45) is 0 Å². The van der Waals surface area contributed by atoms with Crippen LogP contribution >= 0.6 is 15.9 Å². The lowest BCUT2D eigenvalue weighted by Crippen LogP contribution is -2.26. The van der Waals surface area contributed by atoms with E-state index in [0.717, 1.165) is 5.56 Å². The molecule has 0 saturated carbocycles. The summed E-state index contributed by atoms with van der Waals surface area (Å²) in [7, 11) is 4.61. The van der Waals surface area contributed by atoms with Gasteiger partial charge >= 0.3 is 5.97 Å². The van der Waals surface area contributed by atoms with Crippen molar-refractivity contribution < 1.29 is 23.7 Å². The number of alkyl halides is 1. The van der Waals surface area contributed by atoms with E-state index in [4.69, 9.17) is 18.9 Å². The molecule has 5 nitrogen and oxygen atoms in total. The molecule has 0 fully saturated rings. The van der Waals surface area contributed by atoms with Gasteiger partial charge in [0.25, 0.3) is 0 Å². The molecule has 1 aromatic carbocycles. The van der Waals surface area contributed by atoms with Crippen LogP contribution in [0.4, 0.5) is 0 Å². The summed E-state index contributed by atoms with van der Waals surface area (Å²) in [6.07, 6.45) is 0. The Morgan fingerprint density at radius 3 is 1.95 bits per heavy atom. The zero-order valence-corrected chi connectivity index (χ0v) is 13.9. The fourth-order valence-electron chi connectivity index (χ4n) is 1.54. The highest BCUT2D eigenvalue weighted by Gasteiger charge is 2.25. The van der Waals surface area contributed by atoms with Gasteiger partial charge in [0.2, 0.25) is 5.75 Å². The summed E-state index contributed by atoms with van der Waals surface area (Å²) >= 11 is 3.25. The van der Waals surface area contributed by atoms with Crippen LogP contribution in [-0.4, -0.2) is 31.6 Å². The summed E-state index contributed by atoms with van der Waals surface area (Å²) in [6.45, 7) is 3.58. The molecular formula is C14H19BrO5. The summed E-state index contributed by atoms with van der Waals surface area (Å²) < 4.78 is 20.2. The van der Waals surface area contributed by atoms with Gasteiger partial charge < -0.3 is 18.9 Å². The van der Waals surface area contributed by atoms with E-state index in [2.05, 4.69) is 15.9 Å². The van der Waals surface area contributed by atoms with Crippen molar-refractivity contribution in [2.75, 3.05) is 21.3 Å². The van der Waals surface area contributed by atoms with Crippen molar-refractivity contribution in [3.05, 3.63) is 17.7 Å². The van der Waals surface area contributed by atoms with Gasteiger partial charge in [0.1, 0.15) is 10.9 Å². The fraction of sp³-hybridized carbons (Fsp3) is 0.500. The number of methoxy groups -OCH3 is 3. The largest absolute Gasteiger partial charge is 0.493 e. The number of hydrogen-bond acceptors (Lipinski definition) is 5. The normalized spacial score (nSPS) is 10.9. The average molecular weight is 347 g/mol. The van der Waals surface area contributed by atoms with Crippen LogP contribution in [0, 0.1) is 0 Å². The van der Waals surface area contributed by atoms with Crippen molar-refractivity contribution in [1.82, 2.24) is 0 Å². The first-order chi connectivity index (χ1) is 9.33. The van der Waals surface area contributed by atoms with Crippen LogP contribution in [0.2, 0.25) is 0 Å². The minimum atomic E-state index is -0.715. The lowest BCUT2D eigenvalue weighted by atomic mass is 10.2. The van der Waals surface area contributed by atoms with Crippen LogP contribution in [0.25, 0.3) is 0 Å². The van der Waals surface area contributed by atoms with E-state index in [-0.39, 0.29) is 12.6 Å². The van der Waals surface area contributed by atoms with Gasteiger partial charge in [-0.05, 0) is 31.5 Å². The van der Waals surface area contributed by atoms with E-state index in [1.54, 1.807) is 26.0 Å². The Kier molecular flexibility index (Phi) is 5.68. The summed E-state index contributed by atoms with van der Waals surface area (Å²) in [5, 5.41) is 0. The Balaban J connectivity index is 2.94. The lowest BCUT2D eigenvalue weighted by Gasteiger charge is -2.17. The van der Waals surface area contributed by atoms with Crippen LogP contribution in [-0.2, 0) is 16.1 Å². The highest BCUT2D eigenvalue weighted by molar-refractivity contribution is 9.10. The zero-order valence-electron chi connectivity index (χ0n) is 12.3. The van der Waals surface area contributed by atoms with E-state index in [1.807, 2.05) is 0 Å². The molecule has 0 aliphatic carbocycles. The number of esters is 1. The first-order valence-corrected chi connectivity index (χ1v) is 6.77. The highest BCUT2D eigenvalue weighted by Crippen LogP contribution is 2.38. The number of halogens is 1. The zero-order chi connectivity index (χ0) is 15.3. The van der Waals surface area contributed by atoms with E-state index in [1.165, 1.54) is 21.3 Å². The topological polar surface area (TPSA) is 54.0 Å². The molecule has 1 rings (SSSR count). The van der Waals surface area contributed by atoms with Gasteiger partial charge in [-0.1, -0.05) is 15.9 Å². The van der Waals surface area contributed by atoms with Crippen molar-refractivity contribution in [2.45, 2.75) is 24.8 Å². The molecule has 0 N–H and O–H groups in total. The number of carbonyl (C=O) groups is 1. The molecule has 0 heterocycles. The van der Waals surface area contributed by atoms with Crippen LogP contribution in [0.3, 0.4) is 0 Å². The number of benzene rings is 1. The number of carbonyl (C=O) groups excluding carboxylic acids is 1. The third-order valence-corrected chi connectivity index (χ3v) is 2.90. The summed E-state index contributed by atoms with van der Waals surface area (Å²) in [5.41, 5.74) is 0.754. The van der Waals surface area contributed by atoms with Crippen LogP contribution in [0.5, 0.6) is 17.2 Å². The average Bonchev–Trinajstić information content (AvgIpc) is 2.42. The monoisotopic (exact) mass is 346 g/mol. The predicted octanol–water partition coefficient (Wildman–Crippen LogP) is 2.93. The Morgan fingerprint density at radius 2 is 1.60 bits per heavy atom. The standard InChI is InChI=1S/C14H19BrO5/c1-14(2,15)13(16)20-8-9-6-10(17-3)12(19-5)11(7-9)18-4/h6-7H,8H2,1-5H3.